The predicted octanol–water partition coefficient (Wildman–Crippen LogP) is 0.834. The van der Waals surface area contributed by atoms with Gasteiger partial charge in [0.05, 0.1) is 5.69 Å². The molecule has 1 aromatic rings. The first-order valence-corrected chi connectivity index (χ1v) is 5.58. The van der Waals surface area contributed by atoms with E-state index in [0.29, 0.717) is 6.04 Å². The SMILES string of the molecule is NC1CC(Oc2ncnc3c2CCC3)C1. The van der Waals surface area contributed by atoms with Crippen molar-refractivity contribution >= 4 is 0 Å². The molecule has 3 rings (SSSR count). The van der Waals surface area contributed by atoms with Crippen LogP contribution in [0.25, 0.3) is 0 Å². The molecule has 0 aromatic carbocycles. The summed E-state index contributed by atoms with van der Waals surface area (Å²) in [6.45, 7) is 0. The average Bonchev–Trinajstić information content (AvgIpc) is 2.64. The summed E-state index contributed by atoms with van der Waals surface area (Å²) in [4.78, 5) is 8.49. The van der Waals surface area contributed by atoms with E-state index in [9.17, 15) is 0 Å². The summed E-state index contributed by atoms with van der Waals surface area (Å²) < 4.78 is 5.83. The van der Waals surface area contributed by atoms with E-state index >= 15 is 0 Å². The molecule has 0 radical (unpaired) electrons. The standard InChI is InChI=1S/C11H15N3O/c12-7-4-8(5-7)15-11-9-2-1-3-10(9)13-6-14-11/h6-8H,1-5,12H2. The Bertz CT molecular complexity index is 374. The van der Waals surface area contributed by atoms with Crippen LogP contribution >= 0.6 is 0 Å². The maximum Gasteiger partial charge on any atom is 0.220 e. The van der Waals surface area contributed by atoms with Crippen molar-refractivity contribution in [3.8, 4) is 5.88 Å². The second-order valence-electron chi connectivity index (χ2n) is 4.43. The molecule has 4 heteroatoms. The normalized spacial score (nSPS) is 28.3. The highest BCUT2D eigenvalue weighted by molar-refractivity contribution is 5.33. The monoisotopic (exact) mass is 205 g/mol. The van der Waals surface area contributed by atoms with Crippen molar-refractivity contribution in [2.75, 3.05) is 0 Å². The van der Waals surface area contributed by atoms with Gasteiger partial charge in [-0.05, 0) is 32.1 Å². The molecule has 0 saturated heterocycles. The molecule has 2 N–H and O–H groups in total. The molecule has 0 amide bonds. The molecule has 15 heavy (non-hydrogen) atoms. The van der Waals surface area contributed by atoms with Gasteiger partial charge in [0.15, 0.2) is 0 Å². The van der Waals surface area contributed by atoms with Crippen molar-refractivity contribution in [2.24, 2.45) is 5.73 Å². The maximum atomic E-state index is 5.83. The third-order valence-electron chi connectivity index (χ3n) is 3.25. The van der Waals surface area contributed by atoms with Crippen LogP contribution in [0.3, 0.4) is 0 Å². The maximum absolute atomic E-state index is 5.83. The van der Waals surface area contributed by atoms with Crippen LogP contribution in [0.2, 0.25) is 0 Å². The summed E-state index contributed by atoms with van der Waals surface area (Å²) in [6.07, 6.45) is 7.10. The summed E-state index contributed by atoms with van der Waals surface area (Å²) in [7, 11) is 0. The van der Waals surface area contributed by atoms with E-state index in [1.165, 1.54) is 17.7 Å². The molecule has 1 heterocycles. The van der Waals surface area contributed by atoms with Crippen molar-refractivity contribution < 1.29 is 4.74 Å². The van der Waals surface area contributed by atoms with E-state index in [2.05, 4.69) is 9.97 Å². The predicted molar refractivity (Wildman–Crippen MR) is 55.7 cm³/mol. The molecule has 80 valence electrons. The van der Waals surface area contributed by atoms with Crippen molar-refractivity contribution in [2.45, 2.75) is 44.2 Å². The minimum atomic E-state index is 0.277. The second-order valence-corrected chi connectivity index (χ2v) is 4.43. The van der Waals surface area contributed by atoms with Gasteiger partial charge in [0.1, 0.15) is 12.4 Å². The summed E-state index contributed by atoms with van der Waals surface area (Å²) in [6, 6.07) is 0.324. The summed E-state index contributed by atoms with van der Waals surface area (Å²) in [5.74, 6) is 0.800. The highest BCUT2D eigenvalue weighted by atomic mass is 16.5. The van der Waals surface area contributed by atoms with Gasteiger partial charge in [-0.15, -0.1) is 0 Å². The fraction of sp³-hybridized carbons (Fsp3) is 0.636. The molecule has 1 saturated carbocycles. The van der Waals surface area contributed by atoms with Crippen LogP contribution in [-0.2, 0) is 12.8 Å². The lowest BCUT2D eigenvalue weighted by molar-refractivity contribution is 0.0945. The number of nitrogens with two attached hydrogens (primary N) is 1. The van der Waals surface area contributed by atoms with Crippen molar-refractivity contribution in [1.82, 2.24) is 9.97 Å². The zero-order chi connectivity index (χ0) is 10.3. The topological polar surface area (TPSA) is 61.0 Å². The number of nitrogens with zero attached hydrogens (tertiary/aromatic N) is 2. The Kier molecular flexibility index (Phi) is 2.09. The molecule has 0 aliphatic heterocycles. The lowest BCUT2D eigenvalue weighted by atomic mass is 9.90. The number of rotatable bonds is 2. The molecular formula is C11H15N3O. The number of fused-ring (bicyclic) bond motifs is 1. The Morgan fingerprint density at radius 1 is 1.27 bits per heavy atom. The van der Waals surface area contributed by atoms with E-state index in [-0.39, 0.29) is 6.10 Å². The molecule has 0 atom stereocenters. The van der Waals surface area contributed by atoms with Gasteiger partial charge in [0.25, 0.3) is 0 Å². The highest BCUT2D eigenvalue weighted by Gasteiger charge is 2.29. The Morgan fingerprint density at radius 3 is 2.93 bits per heavy atom. The zero-order valence-corrected chi connectivity index (χ0v) is 8.65. The van der Waals surface area contributed by atoms with Gasteiger partial charge in [-0.1, -0.05) is 0 Å². The minimum absolute atomic E-state index is 0.277. The lowest BCUT2D eigenvalue weighted by Gasteiger charge is -2.32. The number of ether oxygens (including phenoxy) is 1. The fourth-order valence-corrected chi connectivity index (χ4v) is 2.29. The van der Waals surface area contributed by atoms with Gasteiger partial charge in [-0.2, -0.15) is 0 Å². The largest absolute Gasteiger partial charge is 0.474 e. The van der Waals surface area contributed by atoms with Gasteiger partial charge in [-0.3, -0.25) is 0 Å². The van der Waals surface area contributed by atoms with E-state index in [1.54, 1.807) is 6.33 Å². The quantitative estimate of drug-likeness (QED) is 0.777. The molecule has 0 unspecified atom stereocenters. The molecule has 1 aromatic heterocycles. The van der Waals surface area contributed by atoms with Crippen LogP contribution < -0.4 is 10.5 Å². The molecular weight excluding hydrogens is 190 g/mol. The van der Waals surface area contributed by atoms with Gasteiger partial charge >= 0.3 is 0 Å². The van der Waals surface area contributed by atoms with Gasteiger partial charge in [0, 0.05) is 11.6 Å². The van der Waals surface area contributed by atoms with Gasteiger partial charge in [0.2, 0.25) is 5.88 Å². The van der Waals surface area contributed by atoms with Crippen molar-refractivity contribution in [3.63, 3.8) is 0 Å². The molecule has 0 spiro atoms. The van der Waals surface area contributed by atoms with Crippen LogP contribution in [0.15, 0.2) is 6.33 Å². The summed E-state index contributed by atoms with van der Waals surface area (Å²) in [5, 5.41) is 0. The van der Waals surface area contributed by atoms with Crippen LogP contribution in [0.4, 0.5) is 0 Å². The lowest BCUT2D eigenvalue weighted by Crippen LogP contribution is -2.43. The Hall–Kier alpha value is -1.16. The van der Waals surface area contributed by atoms with Crippen LogP contribution in [0.5, 0.6) is 5.88 Å². The van der Waals surface area contributed by atoms with E-state index in [1.807, 2.05) is 0 Å². The fourth-order valence-electron chi connectivity index (χ4n) is 2.29. The Labute approximate surface area is 88.9 Å². The Balaban J connectivity index is 1.77. The number of hydrogen-bond acceptors (Lipinski definition) is 4. The van der Waals surface area contributed by atoms with Crippen molar-refractivity contribution in [1.29, 1.82) is 0 Å². The molecule has 1 fully saturated rings. The first-order chi connectivity index (χ1) is 7.33. The molecule has 0 bridgehead atoms. The third kappa shape index (κ3) is 1.59. The third-order valence-corrected chi connectivity index (χ3v) is 3.25. The van der Waals surface area contributed by atoms with E-state index in [4.69, 9.17) is 10.5 Å². The molecule has 4 nitrogen and oxygen atoms in total. The molecule has 2 aliphatic carbocycles. The zero-order valence-electron chi connectivity index (χ0n) is 8.65. The average molecular weight is 205 g/mol. The smallest absolute Gasteiger partial charge is 0.220 e. The molecule has 2 aliphatic rings. The Morgan fingerprint density at radius 2 is 2.13 bits per heavy atom. The first-order valence-electron chi connectivity index (χ1n) is 5.58. The second kappa shape index (κ2) is 3.45. The summed E-state index contributed by atoms with van der Waals surface area (Å²) in [5.41, 5.74) is 8.11. The number of aromatic nitrogens is 2. The summed E-state index contributed by atoms with van der Waals surface area (Å²) >= 11 is 0. The van der Waals surface area contributed by atoms with Gasteiger partial charge in [-0.25, -0.2) is 9.97 Å². The number of hydrogen-bond donors (Lipinski definition) is 1. The van der Waals surface area contributed by atoms with Crippen molar-refractivity contribution in [3.05, 3.63) is 17.6 Å². The minimum Gasteiger partial charge on any atom is -0.474 e. The van der Waals surface area contributed by atoms with Crippen LogP contribution in [0.1, 0.15) is 30.5 Å². The highest BCUT2D eigenvalue weighted by Crippen LogP contribution is 2.30. The van der Waals surface area contributed by atoms with E-state index < -0.39 is 0 Å². The number of aryl methyl sites for hydroxylation is 1. The van der Waals surface area contributed by atoms with Gasteiger partial charge < -0.3 is 10.5 Å². The van der Waals surface area contributed by atoms with E-state index in [0.717, 1.165) is 31.6 Å². The first kappa shape index (κ1) is 9.09. The van der Waals surface area contributed by atoms with Crippen LogP contribution in [0, 0.1) is 0 Å². The van der Waals surface area contributed by atoms with Crippen LogP contribution in [-0.4, -0.2) is 22.1 Å².